The van der Waals surface area contributed by atoms with Crippen molar-refractivity contribution < 1.29 is 24.2 Å². The molecule has 0 aromatic heterocycles. The maximum absolute atomic E-state index is 12.6. The second kappa shape index (κ2) is 7.55. The number of ether oxygens (including phenoxy) is 1. The van der Waals surface area contributed by atoms with E-state index in [4.69, 9.17) is 9.84 Å². The largest absolute Gasteiger partial charge is 0.495 e. The molecule has 1 fully saturated rings. The molecule has 7 heteroatoms. The molecule has 1 aromatic rings. The summed E-state index contributed by atoms with van der Waals surface area (Å²) in [7, 11) is 3.11. The third kappa shape index (κ3) is 4.10. The van der Waals surface area contributed by atoms with Crippen molar-refractivity contribution in [2.75, 3.05) is 32.1 Å². The number of carbonyl (C=O) groups excluding carboxylic acids is 2. The average molecular weight is 348 g/mol. The topological polar surface area (TPSA) is 87.2 Å². The molecule has 7 nitrogen and oxygen atoms in total. The number of carboxylic acids is 1. The number of nitrogens with zero attached hydrogens (tertiary/aromatic N) is 2. The Balaban J connectivity index is 2.13. The summed E-state index contributed by atoms with van der Waals surface area (Å²) in [5, 5.41) is 8.98. The molecule has 1 N–H and O–H groups in total. The van der Waals surface area contributed by atoms with Crippen LogP contribution in [0.1, 0.15) is 18.9 Å². The van der Waals surface area contributed by atoms with Crippen molar-refractivity contribution in [3.8, 4) is 5.75 Å². The molecule has 1 aliphatic heterocycles. The number of hydrogen-bond acceptors (Lipinski definition) is 4. The normalized spacial score (nSPS) is 18.2. The Hall–Kier alpha value is -2.57. The van der Waals surface area contributed by atoms with Crippen molar-refractivity contribution in [3.05, 3.63) is 23.8 Å². The van der Waals surface area contributed by atoms with Gasteiger partial charge < -0.3 is 19.6 Å². The minimum Gasteiger partial charge on any atom is -0.495 e. The number of carbonyl (C=O) groups is 3. The minimum atomic E-state index is -0.951. The summed E-state index contributed by atoms with van der Waals surface area (Å²) in [6.07, 6.45) is 0.113. The second-order valence-electron chi connectivity index (χ2n) is 6.54. The van der Waals surface area contributed by atoms with Crippen LogP contribution in [0, 0.1) is 18.8 Å². The Kier molecular flexibility index (Phi) is 5.66. The van der Waals surface area contributed by atoms with E-state index in [9.17, 15) is 14.4 Å². The van der Waals surface area contributed by atoms with E-state index in [1.807, 2.05) is 19.1 Å². The van der Waals surface area contributed by atoms with E-state index < -0.39 is 17.8 Å². The van der Waals surface area contributed by atoms with Gasteiger partial charge in [-0.1, -0.05) is 13.0 Å². The molecule has 2 amide bonds. The van der Waals surface area contributed by atoms with Gasteiger partial charge in [-0.25, -0.2) is 0 Å². The van der Waals surface area contributed by atoms with Gasteiger partial charge >= 0.3 is 5.97 Å². The number of methoxy groups -OCH3 is 1. The van der Waals surface area contributed by atoms with Crippen molar-refractivity contribution >= 4 is 23.5 Å². The highest BCUT2D eigenvalue weighted by molar-refractivity contribution is 6.01. The lowest BCUT2D eigenvalue weighted by Gasteiger charge is -2.23. The number of hydrogen-bond donors (Lipinski definition) is 1. The van der Waals surface area contributed by atoms with Crippen LogP contribution in [0.15, 0.2) is 18.2 Å². The maximum atomic E-state index is 12.6. The first-order valence-electron chi connectivity index (χ1n) is 8.17. The summed E-state index contributed by atoms with van der Waals surface area (Å²) in [4.78, 5) is 38.9. The van der Waals surface area contributed by atoms with E-state index in [0.717, 1.165) is 5.56 Å². The third-order valence-corrected chi connectivity index (χ3v) is 4.44. The third-order valence-electron chi connectivity index (χ3n) is 4.44. The fourth-order valence-electron chi connectivity index (χ4n) is 3.01. The van der Waals surface area contributed by atoms with Gasteiger partial charge in [-0.3, -0.25) is 14.4 Å². The minimum absolute atomic E-state index is 0.113. The first-order valence-corrected chi connectivity index (χ1v) is 8.17. The molecule has 2 unspecified atom stereocenters. The number of aliphatic carboxylic acids is 1. The van der Waals surface area contributed by atoms with Crippen LogP contribution in [0.3, 0.4) is 0 Å². The molecule has 25 heavy (non-hydrogen) atoms. The molecule has 1 aromatic carbocycles. The Morgan fingerprint density at radius 1 is 1.44 bits per heavy atom. The lowest BCUT2D eigenvalue weighted by atomic mass is 10.1. The van der Waals surface area contributed by atoms with Crippen LogP contribution in [-0.2, 0) is 14.4 Å². The van der Waals surface area contributed by atoms with Gasteiger partial charge in [0.25, 0.3) is 0 Å². The van der Waals surface area contributed by atoms with Crippen molar-refractivity contribution in [1.29, 1.82) is 0 Å². The van der Waals surface area contributed by atoms with Gasteiger partial charge in [0.2, 0.25) is 11.8 Å². The van der Waals surface area contributed by atoms with Gasteiger partial charge in [-0.05, 0) is 24.6 Å². The maximum Gasteiger partial charge on any atom is 0.308 e. The van der Waals surface area contributed by atoms with Crippen LogP contribution in [0.5, 0.6) is 5.75 Å². The Morgan fingerprint density at radius 3 is 2.72 bits per heavy atom. The molecular formula is C18H24N2O5. The average Bonchev–Trinajstić information content (AvgIpc) is 2.95. The van der Waals surface area contributed by atoms with Gasteiger partial charge in [0.05, 0.1) is 24.6 Å². The molecule has 2 rings (SSSR count). The SMILES string of the molecule is COc1ccc(C)cc1N1CC(C(=O)N(C)CC(C)C(=O)O)CC1=O. The van der Waals surface area contributed by atoms with Gasteiger partial charge in [0.15, 0.2) is 0 Å². The van der Waals surface area contributed by atoms with Crippen molar-refractivity contribution in [3.63, 3.8) is 0 Å². The predicted molar refractivity (Wildman–Crippen MR) is 92.6 cm³/mol. The number of amides is 2. The van der Waals surface area contributed by atoms with Crippen LogP contribution in [0.25, 0.3) is 0 Å². The second-order valence-corrected chi connectivity index (χ2v) is 6.54. The lowest BCUT2D eigenvalue weighted by Crippen LogP contribution is -2.38. The molecule has 2 atom stereocenters. The van der Waals surface area contributed by atoms with Crippen LogP contribution >= 0.6 is 0 Å². The van der Waals surface area contributed by atoms with Gasteiger partial charge in [-0.15, -0.1) is 0 Å². The van der Waals surface area contributed by atoms with Crippen LogP contribution < -0.4 is 9.64 Å². The predicted octanol–water partition coefficient (Wildman–Crippen LogP) is 1.54. The van der Waals surface area contributed by atoms with E-state index in [1.165, 1.54) is 4.90 Å². The number of benzene rings is 1. The number of aryl methyl sites for hydroxylation is 1. The summed E-state index contributed by atoms with van der Waals surface area (Å²) in [5.74, 6) is -1.85. The number of carboxylic acid groups (broad SMARTS) is 1. The van der Waals surface area contributed by atoms with Crippen LogP contribution in [0.4, 0.5) is 5.69 Å². The van der Waals surface area contributed by atoms with Gasteiger partial charge in [-0.2, -0.15) is 0 Å². The zero-order valence-corrected chi connectivity index (χ0v) is 15.0. The Bertz CT molecular complexity index is 688. The van der Waals surface area contributed by atoms with Gasteiger partial charge in [0.1, 0.15) is 5.75 Å². The zero-order chi connectivity index (χ0) is 18.7. The number of rotatable bonds is 6. The quantitative estimate of drug-likeness (QED) is 0.842. The first-order chi connectivity index (χ1) is 11.7. The molecular weight excluding hydrogens is 324 g/mol. The van der Waals surface area contributed by atoms with Crippen LogP contribution in [-0.4, -0.2) is 55.0 Å². The summed E-state index contributed by atoms with van der Waals surface area (Å²) in [6.45, 7) is 3.86. The highest BCUT2D eigenvalue weighted by Crippen LogP contribution is 2.34. The summed E-state index contributed by atoms with van der Waals surface area (Å²) < 4.78 is 5.33. The highest BCUT2D eigenvalue weighted by atomic mass is 16.5. The van der Waals surface area contributed by atoms with E-state index in [0.29, 0.717) is 11.4 Å². The Labute approximate surface area is 147 Å². The van der Waals surface area contributed by atoms with E-state index in [2.05, 4.69) is 0 Å². The van der Waals surface area contributed by atoms with Crippen molar-refractivity contribution in [2.24, 2.45) is 11.8 Å². The van der Waals surface area contributed by atoms with Gasteiger partial charge in [0, 0.05) is 26.6 Å². The fraction of sp³-hybridized carbons (Fsp3) is 0.500. The molecule has 0 spiro atoms. The monoisotopic (exact) mass is 348 g/mol. The molecule has 0 aliphatic carbocycles. The Morgan fingerprint density at radius 2 is 2.12 bits per heavy atom. The number of anilines is 1. The van der Waals surface area contributed by atoms with E-state index in [-0.39, 0.29) is 31.3 Å². The molecule has 1 heterocycles. The summed E-state index contributed by atoms with van der Waals surface area (Å²) in [5.41, 5.74) is 1.65. The highest BCUT2D eigenvalue weighted by Gasteiger charge is 2.38. The molecule has 0 radical (unpaired) electrons. The van der Waals surface area contributed by atoms with Crippen LogP contribution in [0.2, 0.25) is 0 Å². The molecule has 1 saturated heterocycles. The summed E-state index contributed by atoms with van der Waals surface area (Å²) >= 11 is 0. The van der Waals surface area contributed by atoms with Crippen molar-refractivity contribution in [2.45, 2.75) is 20.3 Å². The molecule has 0 saturated carbocycles. The standard InChI is InChI=1S/C18H24N2O5/c1-11-5-6-15(25-4)14(7-11)20-10-13(8-16(20)21)17(22)19(3)9-12(2)18(23)24/h5-7,12-13H,8-10H2,1-4H3,(H,23,24). The fourth-order valence-corrected chi connectivity index (χ4v) is 3.01. The first kappa shape index (κ1) is 18.8. The van der Waals surface area contributed by atoms with E-state index >= 15 is 0 Å². The van der Waals surface area contributed by atoms with E-state index in [1.54, 1.807) is 32.0 Å². The summed E-state index contributed by atoms with van der Waals surface area (Å²) in [6, 6.07) is 5.56. The lowest BCUT2D eigenvalue weighted by molar-refractivity contribution is -0.143. The zero-order valence-electron chi connectivity index (χ0n) is 15.0. The molecule has 1 aliphatic rings. The van der Waals surface area contributed by atoms with Crippen molar-refractivity contribution in [1.82, 2.24) is 4.90 Å². The smallest absolute Gasteiger partial charge is 0.308 e. The molecule has 0 bridgehead atoms. The molecule has 136 valence electrons.